The molecule has 1 amide bonds. The summed E-state index contributed by atoms with van der Waals surface area (Å²) >= 11 is 0. The van der Waals surface area contributed by atoms with Gasteiger partial charge in [0.15, 0.2) is 0 Å². The molecule has 1 N–H and O–H groups in total. The average Bonchev–Trinajstić information content (AvgIpc) is 2.79. The zero-order valence-electron chi connectivity index (χ0n) is 14.2. The van der Waals surface area contributed by atoms with E-state index in [-0.39, 0.29) is 5.91 Å². The molecule has 2 aromatic rings. The number of nitrogens with one attached hydrogen (secondary N) is 1. The predicted molar refractivity (Wildman–Crippen MR) is 89.5 cm³/mol. The molecule has 23 heavy (non-hydrogen) atoms. The van der Waals surface area contributed by atoms with Crippen molar-refractivity contribution in [3.63, 3.8) is 0 Å². The molecule has 1 fully saturated rings. The number of rotatable bonds is 4. The van der Waals surface area contributed by atoms with Crippen molar-refractivity contribution >= 4 is 5.91 Å². The maximum absolute atomic E-state index is 12.6. The first-order chi connectivity index (χ1) is 11.0. The number of aromatic nitrogens is 2. The van der Waals surface area contributed by atoms with E-state index in [4.69, 9.17) is 4.74 Å². The van der Waals surface area contributed by atoms with Gasteiger partial charge >= 0.3 is 0 Å². The molecule has 2 heterocycles. The Morgan fingerprint density at radius 3 is 2.61 bits per heavy atom. The van der Waals surface area contributed by atoms with Crippen molar-refractivity contribution < 1.29 is 9.53 Å². The quantitative estimate of drug-likeness (QED) is 0.944. The molecule has 0 unspecified atom stereocenters. The van der Waals surface area contributed by atoms with E-state index in [1.165, 1.54) is 0 Å². The molecule has 0 bridgehead atoms. The van der Waals surface area contributed by atoms with Crippen LogP contribution >= 0.6 is 0 Å². The highest BCUT2D eigenvalue weighted by Gasteiger charge is 2.24. The smallest absolute Gasteiger partial charge is 0.254 e. The van der Waals surface area contributed by atoms with Crippen LogP contribution in [0.4, 0.5) is 0 Å². The standard InChI is InChI=1S/C18H23N3O2/c1-11-8-12(2)15(18(22)21-6-5-7-21)9-14(11)17-16(10-23-4)13(3)19-20-17/h8-9H,5-7,10H2,1-4H3,(H,19,20). The monoisotopic (exact) mass is 313 g/mol. The number of aromatic amines is 1. The lowest BCUT2D eigenvalue weighted by Crippen LogP contribution is -2.42. The van der Waals surface area contributed by atoms with Crippen LogP contribution in [0.2, 0.25) is 0 Å². The molecule has 5 heteroatoms. The highest BCUT2D eigenvalue weighted by molar-refractivity contribution is 5.97. The second-order valence-electron chi connectivity index (χ2n) is 6.24. The fraction of sp³-hybridized carbons (Fsp3) is 0.444. The van der Waals surface area contributed by atoms with Crippen LogP contribution in [0.1, 0.15) is 39.2 Å². The highest BCUT2D eigenvalue weighted by atomic mass is 16.5. The van der Waals surface area contributed by atoms with Gasteiger partial charge in [-0.2, -0.15) is 5.10 Å². The minimum Gasteiger partial charge on any atom is -0.380 e. The van der Waals surface area contributed by atoms with E-state index < -0.39 is 0 Å². The molecule has 1 saturated heterocycles. The lowest BCUT2D eigenvalue weighted by Gasteiger charge is -2.31. The Morgan fingerprint density at radius 1 is 1.26 bits per heavy atom. The summed E-state index contributed by atoms with van der Waals surface area (Å²) in [6, 6.07) is 4.06. The maximum atomic E-state index is 12.6. The Balaban J connectivity index is 2.07. The largest absolute Gasteiger partial charge is 0.380 e. The van der Waals surface area contributed by atoms with Gasteiger partial charge in [-0.25, -0.2) is 0 Å². The summed E-state index contributed by atoms with van der Waals surface area (Å²) < 4.78 is 5.30. The van der Waals surface area contributed by atoms with Crippen LogP contribution in [0.25, 0.3) is 11.3 Å². The molecular formula is C18H23N3O2. The van der Waals surface area contributed by atoms with Crippen LogP contribution in [-0.4, -0.2) is 41.2 Å². The van der Waals surface area contributed by atoms with Gasteiger partial charge in [0.05, 0.1) is 12.3 Å². The summed E-state index contributed by atoms with van der Waals surface area (Å²) in [6.07, 6.45) is 1.10. The number of nitrogens with zero attached hydrogens (tertiary/aromatic N) is 2. The molecule has 1 aromatic carbocycles. The Morgan fingerprint density at radius 2 is 2.00 bits per heavy atom. The predicted octanol–water partition coefficient (Wildman–Crippen LogP) is 2.99. The number of hydrogen-bond acceptors (Lipinski definition) is 3. The summed E-state index contributed by atoms with van der Waals surface area (Å²) in [5, 5.41) is 7.48. The van der Waals surface area contributed by atoms with E-state index in [0.29, 0.717) is 6.61 Å². The zero-order valence-corrected chi connectivity index (χ0v) is 14.2. The number of H-pyrrole nitrogens is 1. The first kappa shape index (κ1) is 15.7. The molecule has 0 aliphatic carbocycles. The van der Waals surface area contributed by atoms with Crippen LogP contribution < -0.4 is 0 Å². The lowest BCUT2D eigenvalue weighted by molar-refractivity contribution is 0.0651. The third kappa shape index (κ3) is 2.77. The minimum absolute atomic E-state index is 0.121. The van der Waals surface area contributed by atoms with Crippen molar-refractivity contribution in [2.45, 2.75) is 33.8 Å². The van der Waals surface area contributed by atoms with E-state index in [0.717, 1.165) is 58.7 Å². The third-order valence-electron chi connectivity index (χ3n) is 4.56. The molecule has 1 aliphatic heterocycles. The second-order valence-corrected chi connectivity index (χ2v) is 6.24. The van der Waals surface area contributed by atoms with Crippen LogP contribution in [0.3, 0.4) is 0 Å². The fourth-order valence-electron chi connectivity index (χ4n) is 3.02. The van der Waals surface area contributed by atoms with Gasteiger partial charge in [-0.1, -0.05) is 6.07 Å². The Hall–Kier alpha value is -2.14. The Kier molecular flexibility index (Phi) is 4.22. The number of ether oxygens (including phenoxy) is 1. The summed E-state index contributed by atoms with van der Waals surface area (Å²) in [4.78, 5) is 14.5. The summed E-state index contributed by atoms with van der Waals surface area (Å²) in [5.41, 5.74) is 6.82. The van der Waals surface area contributed by atoms with Crippen LogP contribution in [0.5, 0.6) is 0 Å². The van der Waals surface area contributed by atoms with Crippen molar-refractivity contribution in [1.82, 2.24) is 15.1 Å². The molecule has 0 saturated carbocycles. The fourth-order valence-corrected chi connectivity index (χ4v) is 3.02. The van der Waals surface area contributed by atoms with Crippen molar-refractivity contribution in [3.05, 3.63) is 40.1 Å². The minimum atomic E-state index is 0.121. The van der Waals surface area contributed by atoms with Gasteiger partial charge in [-0.15, -0.1) is 0 Å². The van der Waals surface area contributed by atoms with E-state index in [2.05, 4.69) is 23.2 Å². The van der Waals surface area contributed by atoms with E-state index in [9.17, 15) is 4.79 Å². The van der Waals surface area contributed by atoms with Gasteiger partial charge in [0.25, 0.3) is 5.91 Å². The van der Waals surface area contributed by atoms with Crippen LogP contribution in [0.15, 0.2) is 12.1 Å². The number of aryl methyl sites for hydroxylation is 3. The molecule has 0 radical (unpaired) electrons. The van der Waals surface area contributed by atoms with Gasteiger partial charge in [-0.3, -0.25) is 9.89 Å². The van der Waals surface area contributed by atoms with Crippen molar-refractivity contribution in [3.8, 4) is 11.3 Å². The molecule has 1 aromatic heterocycles. The first-order valence-corrected chi connectivity index (χ1v) is 7.96. The van der Waals surface area contributed by atoms with Crippen LogP contribution in [-0.2, 0) is 11.3 Å². The second kappa shape index (κ2) is 6.16. The highest BCUT2D eigenvalue weighted by Crippen LogP contribution is 2.30. The topological polar surface area (TPSA) is 58.2 Å². The molecule has 122 valence electrons. The molecule has 0 spiro atoms. The lowest BCUT2D eigenvalue weighted by atomic mass is 9.94. The SMILES string of the molecule is COCc1c(-c2cc(C(=O)N3CCC3)c(C)cc2C)n[nH]c1C. The first-order valence-electron chi connectivity index (χ1n) is 7.96. The molecular weight excluding hydrogens is 290 g/mol. The summed E-state index contributed by atoms with van der Waals surface area (Å²) in [6.45, 7) is 8.26. The van der Waals surface area contributed by atoms with Crippen molar-refractivity contribution in [2.24, 2.45) is 0 Å². The van der Waals surface area contributed by atoms with Gasteiger partial charge in [0, 0.05) is 42.6 Å². The van der Waals surface area contributed by atoms with Gasteiger partial charge in [0.1, 0.15) is 0 Å². The molecule has 1 aliphatic rings. The van der Waals surface area contributed by atoms with E-state index >= 15 is 0 Å². The Bertz CT molecular complexity index is 745. The Labute approximate surface area is 136 Å². The van der Waals surface area contributed by atoms with E-state index in [1.807, 2.05) is 24.8 Å². The molecule has 3 rings (SSSR count). The summed E-state index contributed by atoms with van der Waals surface area (Å²) in [5.74, 6) is 0.121. The van der Waals surface area contributed by atoms with Gasteiger partial charge in [-0.05, 0) is 44.4 Å². The number of carbonyl (C=O) groups is 1. The van der Waals surface area contributed by atoms with Gasteiger partial charge < -0.3 is 9.64 Å². The van der Waals surface area contributed by atoms with Crippen LogP contribution in [0, 0.1) is 20.8 Å². The van der Waals surface area contributed by atoms with Crippen molar-refractivity contribution in [2.75, 3.05) is 20.2 Å². The zero-order chi connectivity index (χ0) is 16.6. The normalized spacial score (nSPS) is 14.0. The number of methoxy groups -OCH3 is 1. The average molecular weight is 313 g/mol. The number of amides is 1. The molecule has 0 atom stereocenters. The van der Waals surface area contributed by atoms with E-state index in [1.54, 1.807) is 7.11 Å². The number of carbonyl (C=O) groups excluding carboxylic acids is 1. The number of hydrogen-bond donors (Lipinski definition) is 1. The van der Waals surface area contributed by atoms with Crippen molar-refractivity contribution in [1.29, 1.82) is 0 Å². The summed E-state index contributed by atoms with van der Waals surface area (Å²) in [7, 11) is 1.68. The maximum Gasteiger partial charge on any atom is 0.254 e. The third-order valence-corrected chi connectivity index (χ3v) is 4.56. The number of likely N-dealkylation sites (tertiary alicyclic amines) is 1. The molecule has 5 nitrogen and oxygen atoms in total. The number of benzene rings is 1. The van der Waals surface area contributed by atoms with Gasteiger partial charge in [0.2, 0.25) is 0 Å².